The number of carbonyl (C=O) groups excluding carboxylic acids is 1. The number of furan rings is 1. The van der Waals surface area contributed by atoms with Crippen molar-refractivity contribution >= 4 is 17.5 Å². The highest BCUT2D eigenvalue weighted by atomic mass is 35.5. The third kappa shape index (κ3) is 3.74. The van der Waals surface area contributed by atoms with Crippen LogP contribution in [0.1, 0.15) is 17.4 Å². The second kappa shape index (κ2) is 7.28. The van der Waals surface area contributed by atoms with Gasteiger partial charge in [-0.25, -0.2) is 0 Å². The zero-order chi connectivity index (χ0) is 17.1. The molecule has 1 amide bonds. The minimum atomic E-state index is -0.213. The summed E-state index contributed by atoms with van der Waals surface area (Å²) in [6.45, 7) is 0.867. The highest BCUT2D eigenvalue weighted by Crippen LogP contribution is 2.30. The maximum Gasteiger partial charge on any atom is 0.226 e. The Hall–Kier alpha value is -1.98. The molecule has 0 bridgehead atoms. The Balaban J connectivity index is 1.61. The van der Waals surface area contributed by atoms with Crippen molar-refractivity contribution in [1.82, 2.24) is 10.2 Å². The summed E-state index contributed by atoms with van der Waals surface area (Å²) in [7, 11) is 3.92. The molecule has 0 saturated heterocycles. The van der Waals surface area contributed by atoms with E-state index < -0.39 is 0 Å². The molecule has 1 aromatic heterocycles. The van der Waals surface area contributed by atoms with Gasteiger partial charge in [0, 0.05) is 11.6 Å². The average molecular weight is 349 g/mol. The third-order valence-electron chi connectivity index (χ3n) is 4.26. The summed E-state index contributed by atoms with van der Waals surface area (Å²) in [4.78, 5) is 14.5. The monoisotopic (exact) mass is 348 g/mol. The standard InChI is InChI=1S/C18H21ClN2O3/c1-21(2)15(17-4-3-7-23-17)10-20-18(22)13-8-12-9-14(19)5-6-16(12)24-11-13/h3-7,9,13,15H,8,10-11H2,1-2H3,(H,20,22). The lowest BCUT2D eigenvalue weighted by molar-refractivity contribution is -0.126. The normalized spacial score (nSPS) is 17.9. The van der Waals surface area contributed by atoms with E-state index in [2.05, 4.69) is 5.32 Å². The number of hydrogen-bond acceptors (Lipinski definition) is 4. The van der Waals surface area contributed by atoms with E-state index in [1.165, 1.54) is 0 Å². The van der Waals surface area contributed by atoms with Crippen molar-refractivity contribution in [2.75, 3.05) is 27.2 Å². The second-order valence-electron chi connectivity index (χ2n) is 6.20. The summed E-state index contributed by atoms with van der Waals surface area (Å²) in [5, 5.41) is 3.67. The Labute approximate surface area is 146 Å². The molecule has 3 rings (SSSR count). The maximum atomic E-state index is 12.5. The zero-order valence-corrected chi connectivity index (χ0v) is 14.5. The Morgan fingerprint density at radius 1 is 1.42 bits per heavy atom. The van der Waals surface area contributed by atoms with E-state index in [1.807, 2.05) is 43.3 Å². The molecule has 0 spiro atoms. The topological polar surface area (TPSA) is 54.7 Å². The molecule has 1 aromatic carbocycles. The zero-order valence-electron chi connectivity index (χ0n) is 13.8. The molecule has 128 valence electrons. The largest absolute Gasteiger partial charge is 0.492 e. The van der Waals surface area contributed by atoms with Crippen LogP contribution in [0.15, 0.2) is 41.0 Å². The van der Waals surface area contributed by atoms with Crippen molar-refractivity contribution in [2.24, 2.45) is 5.92 Å². The minimum absolute atomic E-state index is 0.00445. The van der Waals surface area contributed by atoms with Crippen molar-refractivity contribution < 1.29 is 13.9 Å². The van der Waals surface area contributed by atoms with Gasteiger partial charge in [-0.05, 0) is 56.4 Å². The molecule has 2 aromatic rings. The van der Waals surface area contributed by atoms with Crippen LogP contribution >= 0.6 is 11.6 Å². The van der Waals surface area contributed by atoms with Gasteiger partial charge in [-0.3, -0.25) is 9.69 Å². The van der Waals surface area contributed by atoms with Gasteiger partial charge in [0.25, 0.3) is 0 Å². The van der Waals surface area contributed by atoms with E-state index in [4.69, 9.17) is 20.8 Å². The quantitative estimate of drug-likeness (QED) is 0.902. The second-order valence-corrected chi connectivity index (χ2v) is 6.64. The molecule has 0 aliphatic carbocycles. The van der Waals surface area contributed by atoms with Crippen LogP contribution in [-0.4, -0.2) is 38.1 Å². The number of ether oxygens (including phenoxy) is 1. The predicted molar refractivity (Wildman–Crippen MR) is 92.3 cm³/mol. The van der Waals surface area contributed by atoms with Crippen molar-refractivity contribution in [1.29, 1.82) is 0 Å². The van der Waals surface area contributed by atoms with Crippen LogP contribution in [0.5, 0.6) is 5.75 Å². The van der Waals surface area contributed by atoms with Gasteiger partial charge in [-0.1, -0.05) is 11.6 Å². The fourth-order valence-corrected chi connectivity index (χ4v) is 3.09. The fraction of sp³-hybridized carbons (Fsp3) is 0.389. The van der Waals surface area contributed by atoms with Crippen LogP contribution in [0.25, 0.3) is 0 Å². The number of nitrogens with one attached hydrogen (secondary N) is 1. The lowest BCUT2D eigenvalue weighted by atomic mass is 9.96. The van der Waals surface area contributed by atoms with Crippen LogP contribution in [-0.2, 0) is 11.2 Å². The van der Waals surface area contributed by atoms with E-state index in [-0.39, 0.29) is 17.9 Å². The molecule has 24 heavy (non-hydrogen) atoms. The van der Waals surface area contributed by atoms with Crippen molar-refractivity contribution in [2.45, 2.75) is 12.5 Å². The predicted octanol–water partition coefficient (Wildman–Crippen LogP) is 2.90. The molecule has 0 fully saturated rings. The molecule has 1 aliphatic heterocycles. The molecule has 0 radical (unpaired) electrons. The van der Waals surface area contributed by atoms with E-state index in [1.54, 1.807) is 12.3 Å². The molecule has 1 aliphatic rings. The Kier molecular flexibility index (Phi) is 5.11. The first-order chi connectivity index (χ1) is 11.5. The Morgan fingerprint density at radius 2 is 2.25 bits per heavy atom. The van der Waals surface area contributed by atoms with Gasteiger partial charge < -0.3 is 14.5 Å². The number of rotatable bonds is 5. The van der Waals surface area contributed by atoms with Crippen molar-refractivity contribution in [3.8, 4) is 5.75 Å². The first-order valence-corrected chi connectivity index (χ1v) is 8.31. The molecule has 2 atom stereocenters. The lowest BCUT2D eigenvalue weighted by Crippen LogP contribution is -2.41. The highest BCUT2D eigenvalue weighted by Gasteiger charge is 2.27. The summed E-state index contributed by atoms with van der Waals surface area (Å²) in [5.41, 5.74) is 0.976. The number of halogens is 1. The van der Waals surface area contributed by atoms with Crippen LogP contribution in [0, 0.1) is 5.92 Å². The molecule has 1 N–H and O–H groups in total. The SMILES string of the molecule is CN(C)C(CNC(=O)C1COc2ccc(Cl)cc2C1)c1ccco1. The Morgan fingerprint density at radius 3 is 2.96 bits per heavy atom. The van der Waals surface area contributed by atoms with Crippen molar-refractivity contribution in [3.63, 3.8) is 0 Å². The molecular formula is C18H21ClN2O3. The van der Waals surface area contributed by atoms with Crippen LogP contribution in [0.4, 0.5) is 0 Å². The van der Waals surface area contributed by atoms with Gasteiger partial charge in [-0.15, -0.1) is 0 Å². The molecule has 2 heterocycles. The average Bonchev–Trinajstić information content (AvgIpc) is 3.08. The number of benzene rings is 1. The molecular weight excluding hydrogens is 328 g/mol. The molecule has 0 saturated carbocycles. The van der Waals surface area contributed by atoms with Crippen LogP contribution < -0.4 is 10.1 Å². The van der Waals surface area contributed by atoms with E-state index in [9.17, 15) is 4.79 Å². The fourth-order valence-electron chi connectivity index (χ4n) is 2.89. The number of carbonyl (C=O) groups is 1. The Bertz CT molecular complexity index is 700. The van der Waals surface area contributed by atoms with Gasteiger partial charge in [0.05, 0.1) is 18.2 Å². The minimum Gasteiger partial charge on any atom is -0.492 e. The highest BCUT2D eigenvalue weighted by molar-refractivity contribution is 6.30. The number of amides is 1. The van der Waals surface area contributed by atoms with E-state index in [0.29, 0.717) is 24.6 Å². The van der Waals surface area contributed by atoms with Gasteiger partial charge in [0.15, 0.2) is 0 Å². The number of hydrogen-bond donors (Lipinski definition) is 1. The smallest absolute Gasteiger partial charge is 0.226 e. The number of likely N-dealkylation sites (N-methyl/N-ethyl adjacent to an activating group) is 1. The first kappa shape index (κ1) is 16.9. The lowest BCUT2D eigenvalue weighted by Gasteiger charge is -2.27. The summed E-state index contributed by atoms with van der Waals surface area (Å²) in [6.07, 6.45) is 2.28. The maximum absolute atomic E-state index is 12.5. The summed E-state index contributed by atoms with van der Waals surface area (Å²) in [6, 6.07) is 9.27. The van der Waals surface area contributed by atoms with Crippen LogP contribution in [0.2, 0.25) is 5.02 Å². The summed E-state index contributed by atoms with van der Waals surface area (Å²) in [5.74, 6) is 1.41. The summed E-state index contributed by atoms with van der Waals surface area (Å²) >= 11 is 6.03. The molecule has 5 nitrogen and oxygen atoms in total. The van der Waals surface area contributed by atoms with Gasteiger partial charge in [0.1, 0.15) is 18.1 Å². The van der Waals surface area contributed by atoms with E-state index >= 15 is 0 Å². The molecule has 6 heteroatoms. The van der Waals surface area contributed by atoms with Gasteiger partial charge in [-0.2, -0.15) is 0 Å². The third-order valence-corrected chi connectivity index (χ3v) is 4.50. The van der Waals surface area contributed by atoms with Gasteiger partial charge in [0.2, 0.25) is 5.91 Å². The number of fused-ring (bicyclic) bond motifs is 1. The van der Waals surface area contributed by atoms with Gasteiger partial charge >= 0.3 is 0 Å². The molecule has 2 unspecified atom stereocenters. The number of nitrogens with zero attached hydrogens (tertiary/aromatic N) is 1. The summed E-state index contributed by atoms with van der Waals surface area (Å²) < 4.78 is 11.2. The van der Waals surface area contributed by atoms with E-state index in [0.717, 1.165) is 17.1 Å². The first-order valence-electron chi connectivity index (χ1n) is 7.93. The van der Waals surface area contributed by atoms with Crippen LogP contribution in [0.3, 0.4) is 0 Å². The van der Waals surface area contributed by atoms with Crippen molar-refractivity contribution in [3.05, 3.63) is 52.9 Å².